The second kappa shape index (κ2) is 13.3. The van der Waals surface area contributed by atoms with Crippen LogP contribution in [0.1, 0.15) is 50.0 Å². The van der Waals surface area contributed by atoms with Gasteiger partial charge in [-0.15, -0.1) is 0 Å². The van der Waals surface area contributed by atoms with Gasteiger partial charge in [0.15, 0.2) is 5.13 Å². The molecule has 0 radical (unpaired) electrons. The Labute approximate surface area is 240 Å². The molecule has 1 aliphatic rings. The van der Waals surface area contributed by atoms with Gasteiger partial charge >= 0.3 is 5.97 Å². The fourth-order valence-corrected chi connectivity index (χ4v) is 7.49. The molecule has 4 rings (SSSR count). The number of fused-ring (bicyclic) bond motifs is 1. The first-order valence-corrected chi connectivity index (χ1v) is 15.8. The maximum Gasteiger partial charge on any atom is 0.304 e. The fraction of sp³-hybridized carbons (Fsp3) is 0.462. The number of rotatable bonds is 13. The van der Waals surface area contributed by atoms with E-state index in [4.69, 9.17) is 9.84 Å². The van der Waals surface area contributed by atoms with Crippen LogP contribution in [0.2, 0.25) is 0 Å². The number of nitrogens with zero attached hydrogens (tertiary/aromatic N) is 3. The molecule has 13 heteroatoms. The van der Waals surface area contributed by atoms with Crippen LogP contribution < -0.4 is 5.32 Å². The third kappa shape index (κ3) is 7.60. The summed E-state index contributed by atoms with van der Waals surface area (Å²) in [5, 5.41) is 12.5. The van der Waals surface area contributed by atoms with Crippen molar-refractivity contribution < 1.29 is 27.9 Å². The molecule has 0 unspecified atom stereocenters. The minimum absolute atomic E-state index is 0.0359. The zero-order valence-corrected chi connectivity index (χ0v) is 24.7. The molecular weight excluding hydrogens is 608 g/mol. The number of amides is 1. The summed E-state index contributed by atoms with van der Waals surface area (Å²) in [5.41, 5.74) is 1.41. The normalized spacial score (nSPS) is 15.2. The number of benzene rings is 1. The van der Waals surface area contributed by atoms with E-state index in [1.807, 2.05) is 6.07 Å². The number of anilines is 1. The number of carbonyl (C=O) groups excluding carboxylic acids is 1. The molecule has 1 atom stereocenters. The van der Waals surface area contributed by atoms with Gasteiger partial charge in [0.25, 0.3) is 0 Å². The number of hydrogen-bond acceptors (Lipinski definition) is 8. The highest BCUT2D eigenvalue weighted by Crippen LogP contribution is 2.36. The Balaban J connectivity index is 1.56. The lowest BCUT2D eigenvalue weighted by molar-refractivity contribution is -0.137. The van der Waals surface area contributed by atoms with Crippen LogP contribution in [0, 0.1) is 5.92 Å². The average molecular weight is 640 g/mol. The van der Waals surface area contributed by atoms with E-state index in [2.05, 4.69) is 31.2 Å². The van der Waals surface area contributed by atoms with Crippen molar-refractivity contribution in [1.29, 1.82) is 0 Å². The molecule has 39 heavy (non-hydrogen) atoms. The molecule has 0 aliphatic heterocycles. The van der Waals surface area contributed by atoms with Crippen molar-refractivity contribution in [3.63, 3.8) is 0 Å². The zero-order chi connectivity index (χ0) is 28.0. The van der Waals surface area contributed by atoms with Gasteiger partial charge in [0, 0.05) is 20.2 Å². The Morgan fingerprint density at radius 3 is 2.54 bits per heavy atom. The zero-order valence-electron chi connectivity index (χ0n) is 21.5. The molecule has 1 aromatic carbocycles. The van der Waals surface area contributed by atoms with Gasteiger partial charge in [0.05, 0.1) is 23.8 Å². The number of hydrogen-bond donors (Lipinski definition) is 2. The van der Waals surface area contributed by atoms with E-state index in [1.54, 1.807) is 18.2 Å². The summed E-state index contributed by atoms with van der Waals surface area (Å²) >= 11 is 4.65. The van der Waals surface area contributed by atoms with Crippen molar-refractivity contribution in [2.45, 2.75) is 49.3 Å². The fourth-order valence-electron chi connectivity index (χ4n) is 4.80. The Bertz CT molecular complexity index is 1410. The summed E-state index contributed by atoms with van der Waals surface area (Å²) < 4.78 is 33.4. The van der Waals surface area contributed by atoms with Gasteiger partial charge in [-0.1, -0.05) is 49.2 Å². The number of aromatic nitrogens is 2. The predicted octanol–water partition coefficient (Wildman–Crippen LogP) is 4.87. The number of methoxy groups -OCH3 is 1. The standard InChI is InChI=1S/C26H31BrN4O6S2/c1-37-15-14-31(13-12-23(32)33)39(35,36)19-8-6-18(7-9-19)20(16-17-4-2-3-5-17)24(34)30-26-28-21-10-11-22(27)29-25(21)38-26/h6-11,17,20H,2-5,12-16H2,1H3,(H,32,33)(H,28,30,34)/t20-/m1/s1. The largest absolute Gasteiger partial charge is 0.481 e. The number of ether oxygens (including phenoxy) is 1. The summed E-state index contributed by atoms with van der Waals surface area (Å²) in [6, 6.07) is 9.95. The predicted molar refractivity (Wildman–Crippen MR) is 152 cm³/mol. The minimum Gasteiger partial charge on any atom is -0.481 e. The van der Waals surface area contributed by atoms with Crippen molar-refractivity contribution in [1.82, 2.24) is 14.3 Å². The van der Waals surface area contributed by atoms with Gasteiger partial charge in [-0.05, 0) is 58.1 Å². The average Bonchev–Trinajstić information content (AvgIpc) is 3.56. The first-order chi connectivity index (χ1) is 18.7. The summed E-state index contributed by atoms with van der Waals surface area (Å²) in [7, 11) is -2.50. The van der Waals surface area contributed by atoms with Gasteiger partial charge in [-0.2, -0.15) is 4.31 Å². The summed E-state index contributed by atoms with van der Waals surface area (Å²) in [6.07, 6.45) is 4.75. The van der Waals surface area contributed by atoms with Crippen LogP contribution in [0.3, 0.4) is 0 Å². The van der Waals surface area contributed by atoms with Crippen LogP contribution in [-0.4, -0.2) is 66.5 Å². The molecule has 2 aromatic heterocycles. The van der Waals surface area contributed by atoms with Gasteiger partial charge < -0.3 is 15.2 Å². The maximum absolute atomic E-state index is 13.5. The van der Waals surface area contributed by atoms with Crippen LogP contribution in [-0.2, 0) is 24.3 Å². The SMILES string of the molecule is COCCN(CCC(=O)O)S(=O)(=O)c1ccc([C@@H](CC2CCCC2)C(=O)Nc2nc3ccc(Br)nc3s2)cc1. The van der Waals surface area contributed by atoms with E-state index < -0.39 is 21.9 Å². The molecular formula is C26H31BrN4O6S2. The number of carboxylic acids is 1. The minimum atomic E-state index is -3.95. The van der Waals surface area contributed by atoms with E-state index in [1.165, 1.54) is 30.6 Å². The Morgan fingerprint density at radius 1 is 1.15 bits per heavy atom. The quantitative estimate of drug-likeness (QED) is 0.253. The maximum atomic E-state index is 13.5. The molecule has 10 nitrogen and oxygen atoms in total. The van der Waals surface area contributed by atoms with E-state index in [9.17, 15) is 18.0 Å². The van der Waals surface area contributed by atoms with Crippen molar-refractivity contribution in [2.24, 2.45) is 5.92 Å². The first-order valence-electron chi connectivity index (χ1n) is 12.7. The van der Waals surface area contributed by atoms with Crippen LogP contribution in [0.4, 0.5) is 5.13 Å². The van der Waals surface area contributed by atoms with Gasteiger partial charge in [-0.25, -0.2) is 18.4 Å². The second-order valence-electron chi connectivity index (χ2n) is 9.51. The van der Waals surface area contributed by atoms with Gasteiger partial charge in [0.2, 0.25) is 15.9 Å². The van der Waals surface area contributed by atoms with Crippen LogP contribution in [0.5, 0.6) is 0 Å². The molecule has 2 N–H and O–H groups in total. The van der Waals surface area contributed by atoms with E-state index in [-0.39, 0.29) is 36.9 Å². The number of carbonyl (C=O) groups is 2. The molecule has 0 spiro atoms. The third-order valence-electron chi connectivity index (χ3n) is 6.85. The third-order valence-corrected chi connectivity index (χ3v) is 10.1. The summed E-state index contributed by atoms with van der Waals surface area (Å²) in [6.45, 7) is 0.00998. The summed E-state index contributed by atoms with van der Waals surface area (Å²) in [5.74, 6) is -1.34. The number of aliphatic carboxylic acids is 1. The highest BCUT2D eigenvalue weighted by Gasteiger charge is 2.29. The van der Waals surface area contributed by atoms with E-state index >= 15 is 0 Å². The number of thiazole rings is 1. The Kier molecular flexibility index (Phi) is 10.0. The Morgan fingerprint density at radius 2 is 1.87 bits per heavy atom. The number of carboxylic acid groups (broad SMARTS) is 1. The smallest absolute Gasteiger partial charge is 0.304 e. The van der Waals surface area contributed by atoms with E-state index in [0.29, 0.717) is 38.0 Å². The van der Waals surface area contributed by atoms with Gasteiger partial charge in [0.1, 0.15) is 15.0 Å². The van der Waals surface area contributed by atoms with Crippen molar-refractivity contribution in [2.75, 3.05) is 32.1 Å². The van der Waals surface area contributed by atoms with E-state index in [0.717, 1.165) is 30.0 Å². The molecule has 1 saturated carbocycles. The number of halogens is 1. The van der Waals surface area contributed by atoms with Gasteiger partial charge in [-0.3, -0.25) is 9.59 Å². The molecule has 1 amide bonds. The topological polar surface area (TPSA) is 139 Å². The summed E-state index contributed by atoms with van der Waals surface area (Å²) in [4.78, 5) is 34.2. The number of pyridine rings is 1. The number of nitrogens with one attached hydrogen (secondary N) is 1. The van der Waals surface area contributed by atoms with Crippen molar-refractivity contribution in [3.05, 3.63) is 46.6 Å². The van der Waals surface area contributed by atoms with Crippen molar-refractivity contribution >= 4 is 64.6 Å². The highest BCUT2D eigenvalue weighted by molar-refractivity contribution is 9.10. The van der Waals surface area contributed by atoms with Crippen LogP contribution in [0.25, 0.3) is 10.3 Å². The van der Waals surface area contributed by atoms with Crippen molar-refractivity contribution in [3.8, 4) is 0 Å². The van der Waals surface area contributed by atoms with Crippen LogP contribution in [0.15, 0.2) is 45.9 Å². The lowest BCUT2D eigenvalue weighted by atomic mass is 9.87. The molecule has 1 aliphatic carbocycles. The lowest BCUT2D eigenvalue weighted by Gasteiger charge is -2.23. The molecule has 3 aromatic rings. The van der Waals surface area contributed by atoms with Crippen LogP contribution >= 0.6 is 27.3 Å². The number of sulfonamides is 1. The lowest BCUT2D eigenvalue weighted by Crippen LogP contribution is -2.35. The molecule has 0 bridgehead atoms. The molecule has 0 saturated heterocycles. The first kappa shape index (κ1) is 29.5. The monoisotopic (exact) mass is 638 g/mol. The highest BCUT2D eigenvalue weighted by atomic mass is 79.9. The molecule has 2 heterocycles. The second-order valence-corrected chi connectivity index (χ2v) is 13.2. The molecule has 210 valence electrons. The Hall–Kier alpha value is -2.45. The molecule has 1 fully saturated rings.